The van der Waals surface area contributed by atoms with E-state index in [9.17, 15) is 14.2 Å². The first-order chi connectivity index (χ1) is 13.4. The number of fused-ring (bicyclic) bond motifs is 1. The minimum Gasteiger partial charge on any atom is -0.308 e. The van der Waals surface area contributed by atoms with Crippen LogP contribution in [-0.2, 0) is 13.6 Å². The molecule has 1 spiro atoms. The van der Waals surface area contributed by atoms with Gasteiger partial charge in [0.05, 0.1) is 5.92 Å². The van der Waals surface area contributed by atoms with Crippen LogP contribution in [0.4, 0.5) is 0 Å². The summed E-state index contributed by atoms with van der Waals surface area (Å²) in [6.07, 6.45) is 0. The third kappa shape index (κ3) is 2.30. The fraction of sp³-hybridized carbons (Fsp3) is 0.250. The van der Waals surface area contributed by atoms with E-state index in [-0.39, 0.29) is 5.45 Å². The second-order valence-electron chi connectivity index (χ2n) is 6.75. The quantitative estimate of drug-likeness (QED) is 0.627. The van der Waals surface area contributed by atoms with Crippen molar-refractivity contribution >= 4 is 24.6 Å². The van der Waals surface area contributed by atoms with Gasteiger partial charge in [-0.3, -0.25) is 19.6 Å². The highest BCUT2D eigenvalue weighted by molar-refractivity contribution is 7.72. The number of benzene rings is 2. The van der Waals surface area contributed by atoms with Crippen LogP contribution in [0.25, 0.3) is 0 Å². The summed E-state index contributed by atoms with van der Waals surface area (Å²) < 4.78 is 23.5. The van der Waals surface area contributed by atoms with Gasteiger partial charge in [-0.1, -0.05) is 48.5 Å². The van der Waals surface area contributed by atoms with Crippen LogP contribution in [-0.4, -0.2) is 36.8 Å². The van der Waals surface area contributed by atoms with Gasteiger partial charge < -0.3 is 9.05 Å². The normalized spacial score (nSPS) is 20.2. The maximum atomic E-state index is 13.4. The molecule has 0 saturated carbocycles. The van der Waals surface area contributed by atoms with Crippen LogP contribution >= 0.6 is 7.60 Å². The van der Waals surface area contributed by atoms with E-state index in [0.29, 0.717) is 16.7 Å². The third-order valence-electron chi connectivity index (χ3n) is 5.43. The van der Waals surface area contributed by atoms with E-state index in [1.807, 2.05) is 19.1 Å². The number of carbonyl (C=O) groups is 2. The fourth-order valence-electron chi connectivity index (χ4n) is 4.00. The Morgan fingerprint density at radius 3 is 2.04 bits per heavy atom. The lowest BCUT2D eigenvalue weighted by molar-refractivity contribution is 0.0761. The molecular formula is C20H19N2O5P. The summed E-state index contributed by atoms with van der Waals surface area (Å²) in [4.78, 5) is 26.9. The Morgan fingerprint density at radius 1 is 0.964 bits per heavy atom. The molecule has 0 saturated heterocycles. The lowest BCUT2D eigenvalue weighted by atomic mass is 9.76. The Labute approximate surface area is 162 Å². The number of nitrogens with zero attached hydrogens (tertiary/aromatic N) is 1. The molecule has 0 fully saturated rings. The first-order valence-electron chi connectivity index (χ1n) is 8.71. The van der Waals surface area contributed by atoms with Crippen molar-refractivity contribution in [2.75, 3.05) is 14.2 Å². The molecule has 2 aromatic carbocycles. The summed E-state index contributed by atoms with van der Waals surface area (Å²) in [6.45, 7) is 1.86. The van der Waals surface area contributed by atoms with Crippen molar-refractivity contribution in [2.24, 2.45) is 5.10 Å². The van der Waals surface area contributed by atoms with Crippen molar-refractivity contribution in [3.05, 3.63) is 70.8 Å². The summed E-state index contributed by atoms with van der Waals surface area (Å²) >= 11 is 0. The minimum absolute atomic E-state index is 0.0151. The highest BCUT2D eigenvalue weighted by Gasteiger charge is 2.65. The van der Waals surface area contributed by atoms with E-state index in [4.69, 9.17) is 9.05 Å². The Morgan fingerprint density at radius 2 is 1.50 bits per heavy atom. The predicted octanol–water partition coefficient (Wildman–Crippen LogP) is 3.30. The summed E-state index contributed by atoms with van der Waals surface area (Å²) in [5.41, 5.74) is 3.17. The Hall–Kier alpha value is -2.60. The molecule has 0 amide bonds. The predicted molar refractivity (Wildman–Crippen MR) is 104 cm³/mol. The highest BCUT2D eigenvalue weighted by atomic mass is 31.2. The van der Waals surface area contributed by atoms with Crippen LogP contribution in [0.1, 0.15) is 37.8 Å². The van der Waals surface area contributed by atoms with Gasteiger partial charge in [-0.2, -0.15) is 5.10 Å². The lowest BCUT2D eigenvalue weighted by Crippen LogP contribution is -2.54. The molecular weight excluding hydrogens is 379 g/mol. The topological polar surface area (TPSA) is 94.1 Å². The van der Waals surface area contributed by atoms with Crippen LogP contribution in [0.15, 0.2) is 53.6 Å². The van der Waals surface area contributed by atoms with Gasteiger partial charge in [0.1, 0.15) is 0 Å². The number of carbonyl (C=O) groups excluding carboxylic acids is 2. The van der Waals surface area contributed by atoms with Gasteiger partial charge in [-0.15, -0.1) is 0 Å². The molecule has 1 atom stereocenters. The van der Waals surface area contributed by atoms with Crippen molar-refractivity contribution in [3.8, 4) is 0 Å². The van der Waals surface area contributed by atoms with E-state index < -0.39 is 30.6 Å². The zero-order valence-electron chi connectivity index (χ0n) is 15.6. The summed E-state index contributed by atoms with van der Waals surface area (Å²) in [5.74, 6) is -1.73. The van der Waals surface area contributed by atoms with Crippen LogP contribution in [0.3, 0.4) is 0 Å². The number of hydrazone groups is 1. The SMILES string of the molecule is COP(=O)(OC)C1=NNC2(C(=O)c3ccccc3C2=O)C1c1ccccc1C. The fourth-order valence-corrected chi connectivity index (χ4v) is 5.35. The number of hydrogen-bond donors (Lipinski definition) is 1. The largest absolute Gasteiger partial charge is 0.377 e. The van der Waals surface area contributed by atoms with Crippen LogP contribution < -0.4 is 5.43 Å². The van der Waals surface area contributed by atoms with Gasteiger partial charge in [0, 0.05) is 25.3 Å². The zero-order chi connectivity index (χ0) is 20.1. The Balaban J connectivity index is 1.98. The minimum atomic E-state index is -3.81. The average molecular weight is 398 g/mol. The van der Waals surface area contributed by atoms with Gasteiger partial charge in [0.15, 0.2) is 22.6 Å². The van der Waals surface area contributed by atoms with E-state index >= 15 is 0 Å². The van der Waals surface area contributed by atoms with E-state index in [1.54, 1.807) is 36.4 Å². The maximum absolute atomic E-state index is 13.4. The number of nitrogens with one attached hydrogen (secondary N) is 1. The number of rotatable bonds is 4. The van der Waals surface area contributed by atoms with Crippen molar-refractivity contribution in [1.82, 2.24) is 5.43 Å². The second kappa shape index (κ2) is 6.48. The molecule has 1 N–H and O–H groups in total. The lowest BCUT2D eigenvalue weighted by Gasteiger charge is -2.30. The molecule has 1 heterocycles. The molecule has 144 valence electrons. The van der Waals surface area contributed by atoms with Crippen molar-refractivity contribution in [1.29, 1.82) is 0 Å². The third-order valence-corrected chi connectivity index (χ3v) is 7.31. The van der Waals surface area contributed by atoms with Crippen molar-refractivity contribution < 1.29 is 23.2 Å². The molecule has 7 nitrogen and oxygen atoms in total. The molecule has 0 aromatic heterocycles. The Bertz CT molecular complexity index is 1030. The molecule has 8 heteroatoms. The summed E-state index contributed by atoms with van der Waals surface area (Å²) in [7, 11) is -1.31. The first-order valence-corrected chi connectivity index (χ1v) is 10.3. The van der Waals surface area contributed by atoms with Gasteiger partial charge in [-0.25, -0.2) is 0 Å². The Kier molecular flexibility index (Phi) is 4.34. The van der Waals surface area contributed by atoms with E-state index in [1.165, 1.54) is 14.2 Å². The van der Waals surface area contributed by atoms with Crippen LogP contribution in [0.5, 0.6) is 0 Å². The van der Waals surface area contributed by atoms with Crippen molar-refractivity contribution in [3.63, 3.8) is 0 Å². The first kappa shape index (κ1) is 18.7. The van der Waals surface area contributed by atoms with Gasteiger partial charge in [0.2, 0.25) is 0 Å². The van der Waals surface area contributed by atoms with E-state index in [0.717, 1.165) is 5.56 Å². The van der Waals surface area contributed by atoms with Gasteiger partial charge >= 0.3 is 7.60 Å². The second-order valence-corrected chi connectivity index (χ2v) is 8.93. The number of aryl methyl sites for hydroxylation is 1. The number of hydrogen-bond acceptors (Lipinski definition) is 7. The molecule has 1 aliphatic heterocycles. The maximum Gasteiger partial charge on any atom is 0.377 e. The van der Waals surface area contributed by atoms with Crippen molar-refractivity contribution in [2.45, 2.75) is 18.4 Å². The molecule has 0 bridgehead atoms. The standard InChI is InChI=1S/C20H19N2O5P/c1-12-8-4-5-9-13(12)16-19(28(25,26-2)27-3)21-22-20(16)17(23)14-10-6-7-11-15(14)18(20)24/h4-11,16,22H,1-3H3. The average Bonchev–Trinajstić information content (AvgIpc) is 3.22. The van der Waals surface area contributed by atoms with Crippen LogP contribution in [0, 0.1) is 6.92 Å². The highest BCUT2D eigenvalue weighted by Crippen LogP contribution is 2.58. The molecule has 28 heavy (non-hydrogen) atoms. The van der Waals surface area contributed by atoms with E-state index in [2.05, 4.69) is 10.5 Å². The molecule has 2 aliphatic rings. The summed E-state index contributed by atoms with van der Waals surface area (Å²) in [5, 5.41) is 4.18. The number of ketones is 2. The zero-order valence-corrected chi connectivity index (χ0v) is 16.5. The molecule has 1 aliphatic carbocycles. The van der Waals surface area contributed by atoms with Crippen LogP contribution in [0.2, 0.25) is 0 Å². The number of Topliss-reactive ketones (excluding diaryl/α,β-unsaturated/α-hetero) is 2. The van der Waals surface area contributed by atoms with Gasteiger partial charge in [-0.05, 0) is 18.1 Å². The molecule has 2 aromatic rings. The molecule has 4 rings (SSSR count). The smallest absolute Gasteiger partial charge is 0.308 e. The summed E-state index contributed by atoms with van der Waals surface area (Å²) in [6, 6.07) is 14.0. The molecule has 1 unspecified atom stereocenters. The molecule has 0 radical (unpaired) electrons. The van der Waals surface area contributed by atoms with Gasteiger partial charge in [0.25, 0.3) is 0 Å². The monoisotopic (exact) mass is 398 g/mol.